The van der Waals surface area contributed by atoms with E-state index in [0.717, 1.165) is 11.3 Å². The van der Waals surface area contributed by atoms with Crippen LogP contribution in [0.3, 0.4) is 0 Å². The smallest absolute Gasteiger partial charge is 0.389 e. The monoisotopic (exact) mass is 211 g/mol. The van der Waals surface area contributed by atoms with E-state index in [9.17, 15) is 13.2 Å². The molecule has 0 saturated carbocycles. The fourth-order valence-electron chi connectivity index (χ4n) is 0.715. The molecule has 0 atom stereocenters. The van der Waals surface area contributed by atoms with Crippen molar-refractivity contribution in [1.29, 1.82) is 0 Å². The normalized spacial score (nSPS) is 11.8. The van der Waals surface area contributed by atoms with Crippen LogP contribution in [0.25, 0.3) is 0 Å². The Bertz CT molecular complexity index is 305. The molecule has 0 spiro atoms. The van der Waals surface area contributed by atoms with Gasteiger partial charge in [-0.25, -0.2) is 4.98 Å². The molecule has 3 nitrogen and oxygen atoms in total. The van der Waals surface area contributed by atoms with E-state index in [-0.39, 0.29) is 10.1 Å². The second-order valence-electron chi connectivity index (χ2n) is 2.60. The first kappa shape index (κ1) is 10.1. The Morgan fingerprint density at radius 3 is 2.15 bits per heavy atom. The first-order valence-electron chi connectivity index (χ1n) is 3.33. The van der Waals surface area contributed by atoms with Crippen molar-refractivity contribution < 1.29 is 13.2 Å². The van der Waals surface area contributed by atoms with Crippen LogP contribution in [0.15, 0.2) is 0 Å². The van der Waals surface area contributed by atoms with Crippen LogP contribution >= 0.6 is 11.3 Å². The molecule has 0 aliphatic carbocycles. The molecule has 13 heavy (non-hydrogen) atoms. The van der Waals surface area contributed by atoms with Crippen molar-refractivity contribution in [3.8, 4) is 0 Å². The zero-order chi connectivity index (χ0) is 10.2. The van der Waals surface area contributed by atoms with Gasteiger partial charge in [0.05, 0.1) is 0 Å². The number of halogens is 3. The Kier molecular flexibility index (Phi) is 2.38. The second kappa shape index (κ2) is 3.06. The summed E-state index contributed by atoms with van der Waals surface area (Å²) in [6.07, 6.45) is -4.46. The highest BCUT2D eigenvalue weighted by atomic mass is 32.1. The van der Waals surface area contributed by atoms with Crippen molar-refractivity contribution in [3.05, 3.63) is 5.69 Å². The quantitative estimate of drug-likeness (QED) is 0.770. The molecule has 0 aromatic carbocycles. The average Bonchev–Trinajstić information content (AvgIpc) is 2.29. The van der Waals surface area contributed by atoms with E-state index in [1.165, 1.54) is 4.90 Å². The maximum Gasteiger partial charge on any atom is 0.436 e. The topological polar surface area (TPSA) is 42.2 Å². The Morgan fingerprint density at radius 1 is 1.38 bits per heavy atom. The lowest BCUT2D eigenvalue weighted by Gasteiger charge is -2.05. The Hall–Kier alpha value is -0.980. The van der Waals surface area contributed by atoms with Gasteiger partial charge < -0.3 is 10.6 Å². The zero-order valence-corrected chi connectivity index (χ0v) is 7.83. The van der Waals surface area contributed by atoms with Gasteiger partial charge in [0.25, 0.3) is 0 Å². The van der Waals surface area contributed by atoms with Crippen molar-refractivity contribution in [2.45, 2.75) is 6.18 Å². The molecule has 0 amide bonds. The number of hydrogen-bond donors (Lipinski definition) is 1. The molecule has 0 aliphatic heterocycles. The van der Waals surface area contributed by atoms with E-state index < -0.39 is 11.9 Å². The van der Waals surface area contributed by atoms with E-state index in [2.05, 4.69) is 4.98 Å². The number of nitrogen functional groups attached to an aromatic ring is 1. The molecule has 1 aromatic rings. The molecule has 0 fully saturated rings. The van der Waals surface area contributed by atoms with E-state index in [1.54, 1.807) is 14.1 Å². The summed E-state index contributed by atoms with van der Waals surface area (Å²) < 4.78 is 36.5. The van der Waals surface area contributed by atoms with E-state index in [1.807, 2.05) is 0 Å². The summed E-state index contributed by atoms with van der Waals surface area (Å²) in [6, 6.07) is 0. The number of hydrogen-bond acceptors (Lipinski definition) is 4. The predicted octanol–water partition coefficient (Wildman–Crippen LogP) is 1.81. The van der Waals surface area contributed by atoms with Gasteiger partial charge in [-0.2, -0.15) is 13.2 Å². The molecule has 0 unspecified atom stereocenters. The van der Waals surface area contributed by atoms with Crippen LogP contribution in [-0.2, 0) is 6.18 Å². The summed E-state index contributed by atoms with van der Waals surface area (Å²) in [5.41, 5.74) is 4.18. The standard InChI is InChI=1S/C6H8F3N3S/c1-12(2)5-11-3(4(10)13-5)6(7,8)9/h10H2,1-2H3. The molecule has 7 heteroatoms. The van der Waals surface area contributed by atoms with Gasteiger partial charge in [0, 0.05) is 14.1 Å². The number of aromatic nitrogens is 1. The average molecular weight is 211 g/mol. The largest absolute Gasteiger partial charge is 0.436 e. The van der Waals surface area contributed by atoms with Crippen LogP contribution in [-0.4, -0.2) is 19.1 Å². The maximum absolute atomic E-state index is 12.2. The number of nitrogens with zero attached hydrogens (tertiary/aromatic N) is 2. The van der Waals surface area contributed by atoms with Crippen molar-refractivity contribution in [2.24, 2.45) is 0 Å². The summed E-state index contributed by atoms with van der Waals surface area (Å²) in [4.78, 5) is 4.86. The van der Waals surface area contributed by atoms with Crippen LogP contribution in [0.2, 0.25) is 0 Å². The first-order valence-corrected chi connectivity index (χ1v) is 4.15. The fraction of sp³-hybridized carbons (Fsp3) is 0.500. The highest BCUT2D eigenvalue weighted by Crippen LogP contribution is 2.38. The van der Waals surface area contributed by atoms with Crippen LogP contribution < -0.4 is 10.6 Å². The van der Waals surface area contributed by atoms with Crippen molar-refractivity contribution in [2.75, 3.05) is 24.7 Å². The second-order valence-corrected chi connectivity index (χ2v) is 3.61. The van der Waals surface area contributed by atoms with Gasteiger partial charge >= 0.3 is 6.18 Å². The predicted molar refractivity (Wildman–Crippen MR) is 45.9 cm³/mol. The van der Waals surface area contributed by atoms with Crippen molar-refractivity contribution in [3.63, 3.8) is 0 Å². The molecule has 74 valence electrons. The third-order valence-corrected chi connectivity index (χ3v) is 2.35. The molecule has 1 heterocycles. The van der Waals surface area contributed by atoms with Gasteiger partial charge in [-0.1, -0.05) is 11.3 Å². The minimum Gasteiger partial charge on any atom is -0.389 e. The maximum atomic E-state index is 12.2. The van der Waals surface area contributed by atoms with Crippen LogP contribution in [0.1, 0.15) is 5.69 Å². The Balaban J connectivity index is 3.11. The Morgan fingerprint density at radius 2 is 1.92 bits per heavy atom. The number of rotatable bonds is 1. The number of thiazole rings is 1. The van der Waals surface area contributed by atoms with E-state index in [4.69, 9.17) is 5.73 Å². The fourth-order valence-corrected chi connectivity index (χ4v) is 1.49. The van der Waals surface area contributed by atoms with E-state index >= 15 is 0 Å². The molecule has 0 radical (unpaired) electrons. The molecule has 0 bridgehead atoms. The van der Waals surface area contributed by atoms with Crippen LogP contribution in [0.5, 0.6) is 0 Å². The number of anilines is 2. The van der Waals surface area contributed by atoms with Gasteiger partial charge in [-0.3, -0.25) is 0 Å². The SMILES string of the molecule is CN(C)c1nc(C(F)(F)F)c(N)s1. The summed E-state index contributed by atoms with van der Waals surface area (Å²) in [6.45, 7) is 0. The molecule has 1 aromatic heterocycles. The van der Waals surface area contributed by atoms with Gasteiger partial charge in [-0.05, 0) is 0 Å². The summed E-state index contributed by atoms with van der Waals surface area (Å²) in [5, 5.41) is -0.0407. The van der Waals surface area contributed by atoms with Gasteiger partial charge in [0.2, 0.25) is 0 Å². The molecular formula is C6H8F3N3S. The molecule has 2 N–H and O–H groups in total. The van der Waals surface area contributed by atoms with E-state index in [0.29, 0.717) is 0 Å². The highest BCUT2D eigenvalue weighted by Gasteiger charge is 2.37. The van der Waals surface area contributed by atoms with Gasteiger partial charge in [0.1, 0.15) is 5.00 Å². The third-order valence-electron chi connectivity index (χ3n) is 1.29. The molecule has 0 saturated heterocycles. The summed E-state index contributed by atoms with van der Waals surface area (Å²) in [7, 11) is 3.22. The molecular weight excluding hydrogens is 203 g/mol. The summed E-state index contributed by atoms with van der Waals surface area (Å²) >= 11 is 0.822. The van der Waals surface area contributed by atoms with Crippen molar-refractivity contribution >= 4 is 21.5 Å². The summed E-state index contributed by atoms with van der Waals surface area (Å²) in [5.74, 6) is 0. The highest BCUT2D eigenvalue weighted by molar-refractivity contribution is 7.19. The lowest BCUT2D eigenvalue weighted by Crippen LogP contribution is -2.11. The lowest BCUT2D eigenvalue weighted by molar-refractivity contribution is -0.140. The van der Waals surface area contributed by atoms with Crippen molar-refractivity contribution in [1.82, 2.24) is 4.98 Å². The first-order chi connectivity index (χ1) is 5.82. The Labute approximate surface area is 77.0 Å². The van der Waals surface area contributed by atoms with Gasteiger partial charge in [-0.15, -0.1) is 0 Å². The number of nitrogens with two attached hydrogens (primary N) is 1. The minimum absolute atomic E-state index is 0.254. The third kappa shape index (κ3) is 2.03. The number of alkyl halides is 3. The molecule has 1 rings (SSSR count). The lowest BCUT2D eigenvalue weighted by atomic mass is 10.4. The zero-order valence-electron chi connectivity index (χ0n) is 7.01. The minimum atomic E-state index is -4.46. The van der Waals surface area contributed by atoms with Crippen LogP contribution in [0, 0.1) is 0 Å². The van der Waals surface area contributed by atoms with Gasteiger partial charge in [0.15, 0.2) is 10.8 Å². The van der Waals surface area contributed by atoms with Crippen LogP contribution in [0.4, 0.5) is 23.3 Å². The molecule has 0 aliphatic rings.